The molecule has 0 aliphatic carbocycles. The second-order valence-electron chi connectivity index (χ2n) is 6.12. The summed E-state index contributed by atoms with van der Waals surface area (Å²) in [7, 11) is 0. The number of hydrogen-bond donors (Lipinski definition) is 1. The standard InChI is InChI=1S/C19H12F3N5O2/c20-11-1-4-13(5-2-11)27-18-14(8-24-27)19(29)26(10-23-18)9-17(28)25-16-7-12(21)3-6-15(16)22/h1-8,10H,9H2,(H,25,28). The highest BCUT2D eigenvalue weighted by molar-refractivity contribution is 5.90. The van der Waals surface area contributed by atoms with Crippen LogP contribution < -0.4 is 10.9 Å². The normalized spacial score (nSPS) is 11.0. The summed E-state index contributed by atoms with van der Waals surface area (Å²) in [5.41, 5.74) is -0.140. The van der Waals surface area contributed by atoms with Gasteiger partial charge in [0.05, 0.1) is 17.6 Å². The molecule has 7 nitrogen and oxygen atoms in total. The Morgan fingerprint density at radius 3 is 2.52 bits per heavy atom. The molecule has 4 aromatic rings. The minimum Gasteiger partial charge on any atom is -0.322 e. The molecular weight excluding hydrogens is 387 g/mol. The van der Waals surface area contributed by atoms with Crippen molar-refractivity contribution in [1.29, 1.82) is 0 Å². The van der Waals surface area contributed by atoms with E-state index in [1.165, 1.54) is 35.1 Å². The first-order valence-corrected chi connectivity index (χ1v) is 8.36. The first-order valence-electron chi connectivity index (χ1n) is 8.36. The molecule has 0 aliphatic heterocycles. The van der Waals surface area contributed by atoms with Gasteiger partial charge in [0, 0.05) is 6.07 Å². The Morgan fingerprint density at radius 2 is 1.76 bits per heavy atom. The minimum atomic E-state index is -0.804. The first-order chi connectivity index (χ1) is 13.9. The van der Waals surface area contributed by atoms with Crippen molar-refractivity contribution >= 4 is 22.6 Å². The summed E-state index contributed by atoms with van der Waals surface area (Å²) < 4.78 is 42.3. The Bertz CT molecular complexity index is 1280. The van der Waals surface area contributed by atoms with E-state index < -0.39 is 35.5 Å². The monoisotopic (exact) mass is 399 g/mol. The van der Waals surface area contributed by atoms with Crippen LogP contribution in [0.4, 0.5) is 18.9 Å². The Labute approximate surface area is 161 Å². The van der Waals surface area contributed by atoms with Gasteiger partial charge in [-0.05, 0) is 36.4 Å². The predicted molar refractivity (Wildman–Crippen MR) is 98.1 cm³/mol. The molecule has 146 valence electrons. The number of fused-ring (bicyclic) bond motifs is 1. The predicted octanol–water partition coefficient (Wildman–Crippen LogP) is 2.64. The van der Waals surface area contributed by atoms with E-state index >= 15 is 0 Å². The van der Waals surface area contributed by atoms with Gasteiger partial charge in [-0.15, -0.1) is 0 Å². The van der Waals surface area contributed by atoms with E-state index in [2.05, 4.69) is 15.4 Å². The third kappa shape index (κ3) is 3.59. The molecule has 0 spiro atoms. The third-order valence-electron chi connectivity index (χ3n) is 4.14. The first kappa shape index (κ1) is 18.4. The van der Waals surface area contributed by atoms with Gasteiger partial charge in [0.1, 0.15) is 35.7 Å². The lowest BCUT2D eigenvalue weighted by atomic mass is 10.3. The molecule has 2 heterocycles. The smallest absolute Gasteiger partial charge is 0.264 e. The van der Waals surface area contributed by atoms with Gasteiger partial charge in [0.25, 0.3) is 5.56 Å². The molecule has 4 rings (SSSR count). The topological polar surface area (TPSA) is 81.8 Å². The summed E-state index contributed by atoms with van der Waals surface area (Å²) in [6.45, 7) is -0.459. The second-order valence-corrected chi connectivity index (χ2v) is 6.12. The van der Waals surface area contributed by atoms with Crippen molar-refractivity contribution in [2.75, 3.05) is 5.32 Å². The summed E-state index contributed by atoms with van der Waals surface area (Å²) in [5, 5.41) is 6.45. The number of amides is 1. The van der Waals surface area contributed by atoms with E-state index in [4.69, 9.17) is 0 Å². The fraction of sp³-hybridized carbons (Fsp3) is 0.0526. The van der Waals surface area contributed by atoms with Crippen molar-refractivity contribution in [3.05, 3.63) is 82.8 Å². The number of carbonyl (C=O) groups is 1. The molecule has 0 radical (unpaired) electrons. The number of aromatic nitrogens is 4. The number of nitrogens with one attached hydrogen (secondary N) is 1. The summed E-state index contributed by atoms with van der Waals surface area (Å²) in [6.07, 6.45) is 2.43. The van der Waals surface area contributed by atoms with E-state index in [9.17, 15) is 22.8 Å². The van der Waals surface area contributed by atoms with Crippen molar-refractivity contribution in [1.82, 2.24) is 19.3 Å². The fourth-order valence-electron chi connectivity index (χ4n) is 2.77. The zero-order valence-electron chi connectivity index (χ0n) is 14.6. The minimum absolute atomic E-state index is 0.140. The highest BCUT2D eigenvalue weighted by Gasteiger charge is 2.14. The largest absolute Gasteiger partial charge is 0.322 e. The number of nitrogens with zero attached hydrogens (tertiary/aromatic N) is 4. The zero-order valence-corrected chi connectivity index (χ0v) is 14.6. The Balaban J connectivity index is 1.61. The molecule has 0 bridgehead atoms. The molecule has 0 atom stereocenters. The van der Waals surface area contributed by atoms with Crippen molar-refractivity contribution in [3.63, 3.8) is 0 Å². The number of hydrogen-bond acceptors (Lipinski definition) is 4. The lowest BCUT2D eigenvalue weighted by Gasteiger charge is -2.08. The van der Waals surface area contributed by atoms with Crippen LogP contribution in [0, 0.1) is 17.5 Å². The highest BCUT2D eigenvalue weighted by Crippen LogP contribution is 2.16. The summed E-state index contributed by atoms with van der Waals surface area (Å²) >= 11 is 0. The van der Waals surface area contributed by atoms with Crippen molar-refractivity contribution < 1.29 is 18.0 Å². The SMILES string of the molecule is O=C(Cn1cnc2c(cnn2-c2ccc(F)cc2)c1=O)Nc1cc(F)ccc1F. The number of rotatable bonds is 4. The molecule has 0 aliphatic rings. The summed E-state index contributed by atoms with van der Waals surface area (Å²) in [5.74, 6) is -2.67. The lowest BCUT2D eigenvalue weighted by molar-refractivity contribution is -0.116. The molecule has 2 aromatic heterocycles. The molecule has 29 heavy (non-hydrogen) atoms. The van der Waals surface area contributed by atoms with Crippen LogP contribution in [-0.4, -0.2) is 25.2 Å². The van der Waals surface area contributed by atoms with Crippen molar-refractivity contribution in [3.8, 4) is 5.69 Å². The third-order valence-corrected chi connectivity index (χ3v) is 4.14. The number of carbonyl (C=O) groups excluding carboxylic acids is 1. The molecule has 1 N–H and O–H groups in total. The Hall–Kier alpha value is -3.95. The van der Waals surface area contributed by atoms with Crippen molar-refractivity contribution in [2.45, 2.75) is 6.54 Å². The van der Waals surface area contributed by atoms with Crippen LogP contribution in [0.2, 0.25) is 0 Å². The van der Waals surface area contributed by atoms with Gasteiger partial charge in [-0.3, -0.25) is 14.2 Å². The highest BCUT2D eigenvalue weighted by atomic mass is 19.1. The molecule has 1 amide bonds. The Morgan fingerprint density at radius 1 is 1.03 bits per heavy atom. The van der Waals surface area contributed by atoms with Gasteiger partial charge in [0.15, 0.2) is 5.65 Å². The fourth-order valence-corrected chi connectivity index (χ4v) is 2.77. The summed E-state index contributed by atoms with van der Waals surface area (Å²) in [6, 6.07) is 8.11. The van der Waals surface area contributed by atoms with Gasteiger partial charge in [-0.25, -0.2) is 22.8 Å². The molecule has 0 saturated carbocycles. The molecule has 0 unspecified atom stereocenters. The van der Waals surface area contributed by atoms with E-state index in [1.54, 1.807) is 0 Å². The van der Waals surface area contributed by atoms with Gasteiger partial charge in [0.2, 0.25) is 5.91 Å². The second kappa shape index (κ2) is 7.23. The van der Waals surface area contributed by atoms with E-state index in [-0.39, 0.29) is 16.7 Å². The Kier molecular flexibility index (Phi) is 4.59. The van der Waals surface area contributed by atoms with Crippen molar-refractivity contribution in [2.24, 2.45) is 0 Å². The van der Waals surface area contributed by atoms with E-state index in [0.29, 0.717) is 5.69 Å². The van der Waals surface area contributed by atoms with Crippen LogP contribution in [0.15, 0.2) is 59.8 Å². The van der Waals surface area contributed by atoms with Crippen LogP contribution >= 0.6 is 0 Å². The molecular formula is C19H12F3N5O2. The van der Waals surface area contributed by atoms with Gasteiger partial charge >= 0.3 is 0 Å². The van der Waals surface area contributed by atoms with Crippen LogP contribution in [0.5, 0.6) is 0 Å². The quantitative estimate of drug-likeness (QED) is 0.572. The zero-order chi connectivity index (χ0) is 20.5. The average molecular weight is 399 g/mol. The van der Waals surface area contributed by atoms with Crippen LogP contribution in [0.3, 0.4) is 0 Å². The number of benzene rings is 2. The van der Waals surface area contributed by atoms with Crippen LogP contribution in [0.1, 0.15) is 0 Å². The molecule has 0 saturated heterocycles. The lowest BCUT2D eigenvalue weighted by Crippen LogP contribution is -2.28. The van der Waals surface area contributed by atoms with Crippen LogP contribution in [-0.2, 0) is 11.3 Å². The maximum atomic E-state index is 13.6. The maximum absolute atomic E-state index is 13.6. The molecule has 0 fully saturated rings. The number of anilines is 1. The average Bonchev–Trinajstić information content (AvgIpc) is 3.12. The number of halogens is 3. The van der Waals surface area contributed by atoms with Crippen LogP contribution in [0.25, 0.3) is 16.7 Å². The molecule has 2 aromatic carbocycles. The van der Waals surface area contributed by atoms with Gasteiger partial charge < -0.3 is 5.32 Å². The molecule has 10 heteroatoms. The van der Waals surface area contributed by atoms with Gasteiger partial charge in [-0.2, -0.15) is 5.10 Å². The maximum Gasteiger partial charge on any atom is 0.264 e. The summed E-state index contributed by atoms with van der Waals surface area (Å²) in [4.78, 5) is 28.9. The van der Waals surface area contributed by atoms with Gasteiger partial charge in [-0.1, -0.05) is 0 Å². The van der Waals surface area contributed by atoms with E-state index in [0.717, 1.165) is 29.1 Å². The van der Waals surface area contributed by atoms with E-state index in [1.807, 2.05) is 0 Å².